The smallest absolute Gasteiger partial charge is 0.253 e. The third kappa shape index (κ3) is 2.41. The summed E-state index contributed by atoms with van der Waals surface area (Å²) in [7, 11) is 0. The van der Waals surface area contributed by atoms with Crippen molar-refractivity contribution in [3.05, 3.63) is 24.4 Å². The molecule has 1 aliphatic carbocycles. The minimum Gasteiger partial charge on any atom is -0.368 e. The summed E-state index contributed by atoms with van der Waals surface area (Å²) in [6.45, 7) is 0. The quantitative estimate of drug-likeness (QED) is 0.904. The van der Waals surface area contributed by atoms with E-state index in [4.69, 9.17) is 5.73 Å². The lowest BCUT2D eigenvalue weighted by molar-refractivity contribution is 0.0788. The highest BCUT2D eigenvalue weighted by atomic mass is 16.2. The largest absolute Gasteiger partial charge is 0.368 e. The van der Waals surface area contributed by atoms with Crippen LogP contribution in [0.3, 0.4) is 0 Å². The minimum atomic E-state index is -0.0446. The number of hydrogen-bond acceptors (Lipinski definition) is 5. The molecule has 0 aliphatic heterocycles. The van der Waals surface area contributed by atoms with Gasteiger partial charge < -0.3 is 5.73 Å². The average Bonchev–Trinajstić information content (AvgIpc) is 2.90. The topological polar surface area (TPSA) is 86.7 Å². The molecule has 1 fully saturated rings. The Morgan fingerprint density at radius 3 is 2.75 bits per heavy atom. The van der Waals surface area contributed by atoms with Crippen LogP contribution in [0.5, 0.6) is 0 Å². The van der Waals surface area contributed by atoms with Crippen LogP contribution < -0.4 is 5.73 Å². The lowest BCUT2D eigenvalue weighted by Gasteiger charge is -2.19. The molecular formula is C14H17N5O. The van der Waals surface area contributed by atoms with Crippen molar-refractivity contribution in [2.75, 3.05) is 5.73 Å². The van der Waals surface area contributed by atoms with Crippen molar-refractivity contribution in [2.45, 2.75) is 32.1 Å². The summed E-state index contributed by atoms with van der Waals surface area (Å²) in [4.78, 5) is 20.7. The third-order valence-electron chi connectivity index (χ3n) is 3.69. The summed E-state index contributed by atoms with van der Waals surface area (Å²) < 4.78 is 1.24. The third-order valence-corrected chi connectivity index (χ3v) is 3.69. The lowest BCUT2D eigenvalue weighted by Crippen LogP contribution is -2.26. The Kier molecular flexibility index (Phi) is 3.45. The highest BCUT2D eigenvalue weighted by Gasteiger charge is 2.25. The maximum atomic E-state index is 12.4. The number of rotatable bonds is 2. The molecule has 0 spiro atoms. The second-order valence-corrected chi connectivity index (χ2v) is 5.09. The van der Waals surface area contributed by atoms with Gasteiger partial charge in [-0.2, -0.15) is 9.67 Å². The number of nitrogens with zero attached hydrogens (tertiary/aromatic N) is 4. The van der Waals surface area contributed by atoms with E-state index in [1.807, 2.05) is 12.1 Å². The van der Waals surface area contributed by atoms with Gasteiger partial charge in [0.2, 0.25) is 11.8 Å². The van der Waals surface area contributed by atoms with Gasteiger partial charge in [-0.3, -0.25) is 9.78 Å². The number of nitrogen functional groups attached to an aromatic ring is 1. The second kappa shape index (κ2) is 5.40. The van der Waals surface area contributed by atoms with E-state index < -0.39 is 0 Å². The highest BCUT2D eigenvalue weighted by Crippen LogP contribution is 2.26. The van der Waals surface area contributed by atoms with Gasteiger partial charge in [0.25, 0.3) is 5.91 Å². The first kappa shape index (κ1) is 12.8. The van der Waals surface area contributed by atoms with E-state index in [1.54, 1.807) is 12.3 Å². The number of carbonyl (C=O) groups excluding carboxylic acids is 1. The molecule has 1 aliphatic rings. The van der Waals surface area contributed by atoms with Crippen molar-refractivity contribution in [1.29, 1.82) is 0 Å². The Morgan fingerprint density at radius 1 is 1.25 bits per heavy atom. The van der Waals surface area contributed by atoms with Gasteiger partial charge in [-0.25, -0.2) is 0 Å². The molecule has 3 rings (SSSR count). The molecule has 2 aromatic heterocycles. The number of carbonyl (C=O) groups is 1. The summed E-state index contributed by atoms with van der Waals surface area (Å²) in [6.07, 6.45) is 6.88. The van der Waals surface area contributed by atoms with Crippen molar-refractivity contribution in [2.24, 2.45) is 5.92 Å². The molecule has 104 valence electrons. The van der Waals surface area contributed by atoms with Crippen LogP contribution in [-0.4, -0.2) is 25.7 Å². The summed E-state index contributed by atoms with van der Waals surface area (Å²) in [6, 6.07) is 5.46. The summed E-state index contributed by atoms with van der Waals surface area (Å²) in [5.74, 6) is 0.509. The number of anilines is 1. The zero-order chi connectivity index (χ0) is 13.9. The maximum absolute atomic E-state index is 12.4. The first-order valence-electron chi connectivity index (χ1n) is 6.94. The van der Waals surface area contributed by atoms with Gasteiger partial charge in [0.15, 0.2) is 0 Å². The van der Waals surface area contributed by atoms with E-state index >= 15 is 0 Å². The number of pyridine rings is 1. The molecule has 6 heteroatoms. The Bertz CT molecular complexity index is 601. The Balaban J connectivity index is 1.87. The van der Waals surface area contributed by atoms with E-state index in [9.17, 15) is 4.79 Å². The van der Waals surface area contributed by atoms with Crippen LogP contribution in [0.4, 0.5) is 5.95 Å². The molecule has 0 bridgehead atoms. The normalized spacial score (nSPS) is 16.2. The van der Waals surface area contributed by atoms with Gasteiger partial charge in [0.05, 0.1) is 0 Å². The highest BCUT2D eigenvalue weighted by molar-refractivity contribution is 5.83. The lowest BCUT2D eigenvalue weighted by atomic mass is 9.89. The second-order valence-electron chi connectivity index (χ2n) is 5.09. The Labute approximate surface area is 117 Å². The molecule has 0 unspecified atom stereocenters. The first-order valence-corrected chi connectivity index (χ1v) is 6.94. The van der Waals surface area contributed by atoms with E-state index in [0.29, 0.717) is 11.5 Å². The molecule has 0 saturated heterocycles. The van der Waals surface area contributed by atoms with Crippen LogP contribution in [0, 0.1) is 5.92 Å². The molecule has 1 saturated carbocycles. The minimum absolute atomic E-state index is 0.0179. The summed E-state index contributed by atoms with van der Waals surface area (Å²) >= 11 is 0. The van der Waals surface area contributed by atoms with Crippen LogP contribution >= 0.6 is 0 Å². The van der Waals surface area contributed by atoms with Gasteiger partial charge in [-0.05, 0) is 25.0 Å². The monoisotopic (exact) mass is 271 g/mol. The fourth-order valence-electron chi connectivity index (χ4n) is 2.61. The van der Waals surface area contributed by atoms with Gasteiger partial charge in [-0.15, -0.1) is 5.10 Å². The van der Waals surface area contributed by atoms with E-state index in [2.05, 4.69) is 15.1 Å². The molecule has 0 amide bonds. The van der Waals surface area contributed by atoms with Gasteiger partial charge in [-0.1, -0.05) is 25.3 Å². The van der Waals surface area contributed by atoms with Crippen LogP contribution in [0.15, 0.2) is 24.4 Å². The van der Waals surface area contributed by atoms with Crippen LogP contribution in [0.2, 0.25) is 0 Å². The maximum Gasteiger partial charge on any atom is 0.253 e. The standard InChI is InChI=1S/C14H17N5O/c15-14-17-12(11-8-4-5-9-16-11)18-19(14)13(20)10-6-2-1-3-7-10/h4-5,8-10H,1-3,6-7H2,(H2,15,17,18). The average molecular weight is 271 g/mol. The summed E-state index contributed by atoms with van der Waals surface area (Å²) in [5, 5.41) is 4.22. The SMILES string of the molecule is Nc1nc(-c2ccccn2)nn1C(=O)C1CCCCC1. The molecule has 6 nitrogen and oxygen atoms in total. The van der Waals surface area contributed by atoms with Crippen LogP contribution in [0.25, 0.3) is 11.5 Å². The molecule has 0 aromatic carbocycles. The van der Waals surface area contributed by atoms with Crippen molar-refractivity contribution >= 4 is 11.9 Å². The number of aromatic nitrogens is 4. The number of hydrogen-bond donors (Lipinski definition) is 1. The summed E-state index contributed by atoms with van der Waals surface area (Å²) in [5.41, 5.74) is 6.45. The Morgan fingerprint density at radius 2 is 2.05 bits per heavy atom. The van der Waals surface area contributed by atoms with Crippen molar-refractivity contribution in [1.82, 2.24) is 19.7 Å². The zero-order valence-corrected chi connectivity index (χ0v) is 11.2. The van der Waals surface area contributed by atoms with E-state index in [-0.39, 0.29) is 17.8 Å². The predicted octanol–water partition coefficient (Wildman–Crippen LogP) is 2.14. The molecular weight excluding hydrogens is 254 g/mol. The van der Waals surface area contributed by atoms with Gasteiger partial charge in [0.1, 0.15) is 5.69 Å². The molecule has 0 radical (unpaired) electrons. The van der Waals surface area contributed by atoms with E-state index in [1.165, 1.54) is 11.1 Å². The van der Waals surface area contributed by atoms with Crippen LogP contribution in [-0.2, 0) is 0 Å². The van der Waals surface area contributed by atoms with Gasteiger partial charge in [0, 0.05) is 12.1 Å². The predicted molar refractivity (Wildman–Crippen MR) is 74.9 cm³/mol. The molecule has 2 heterocycles. The fourth-order valence-corrected chi connectivity index (χ4v) is 2.61. The van der Waals surface area contributed by atoms with Gasteiger partial charge >= 0.3 is 0 Å². The fraction of sp³-hybridized carbons (Fsp3) is 0.429. The Hall–Kier alpha value is -2.24. The molecule has 2 aromatic rings. The van der Waals surface area contributed by atoms with Crippen LogP contribution in [0.1, 0.15) is 36.9 Å². The first-order chi connectivity index (χ1) is 9.75. The van der Waals surface area contributed by atoms with Crippen molar-refractivity contribution in [3.8, 4) is 11.5 Å². The number of nitrogens with two attached hydrogens (primary N) is 1. The van der Waals surface area contributed by atoms with E-state index in [0.717, 1.165) is 25.7 Å². The zero-order valence-electron chi connectivity index (χ0n) is 11.2. The molecule has 20 heavy (non-hydrogen) atoms. The molecule has 0 atom stereocenters. The molecule has 2 N–H and O–H groups in total. The van der Waals surface area contributed by atoms with Crippen molar-refractivity contribution < 1.29 is 4.79 Å². The van der Waals surface area contributed by atoms with Crippen molar-refractivity contribution in [3.63, 3.8) is 0 Å².